The number of nitrogens with one attached hydrogen (secondary N) is 3. The summed E-state index contributed by atoms with van der Waals surface area (Å²) >= 11 is 0. The molecule has 2 heterocycles. The lowest BCUT2D eigenvalue weighted by molar-refractivity contribution is -0.117. The summed E-state index contributed by atoms with van der Waals surface area (Å²) in [6.07, 6.45) is 4.45. The zero-order chi connectivity index (χ0) is 26.7. The van der Waals surface area contributed by atoms with Gasteiger partial charge in [0.2, 0.25) is 5.91 Å². The van der Waals surface area contributed by atoms with E-state index in [0.717, 1.165) is 12.8 Å². The normalized spacial score (nSPS) is 13.2. The zero-order valence-corrected chi connectivity index (χ0v) is 21.8. The van der Waals surface area contributed by atoms with Gasteiger partial charge in [-0.15, -0.1) is 0 Å². The fourth-order valence-corrected chi connectivity index (χ4v) is 4.70. The van der Waals surface area contributed by atoms with E-state index in [4.69, 9.17) is 4.74 Å². The number of anilines is 3. The highest BCUT2D eigenvalue weighted by atomic mass is 32.2. The summed E-state index contributed by atoms with van der Waals surface area (Å²) < 4.78 is 30.6. The molecule has 2 amide bonds. The Morgan fingerprint density at radius 2 is 1.81 bits per heavy atom. The minimum absolute atomic E-state index is 0.00279. The van der Waals surface area contributed by atoms with Crippen LogP contribution in [0.5, 0.6) is 5.75 Å². The summed E-state index contributed by atoms with van der Waals surface area (Å²) in [7, 11) is -0.422. The van der Waals surface area contributed by atoms with Crippen LogP contribution in [0.2, 0.25) is 0 Å². The van der Waals surface area contributed by atoms with Crippen LogP contribution in [0.15, 0.2) is 53.7 Å². The Morgan fingerprint density at radius 1 is 1.05 bits per heavy atom. The van der Waals surface area contributed by atoms with Crippen molar-refractivity contribution in [1.29, 1.82) is 0 Å². The van der Waals surface area contributed by atoms with Gasteiger partial charge in [-0.1, -0.05) is 6.07 Å². The van der Waals surface area contributed by atoms with Crippen molar-refractivity contribution in [2.24, 2.45) is 5.92 Å². The lowest BCUT2D eigenvalue weighted by Gasteiger charge is -2.17. The Kier molecular flexibility index (Phi) is 7.44. The molecule has 3 aromatic rings. The Hall–Kier alpha value is -3.99. The molecule has 0 radical (unpaired) electrons. The van der Waals surface area contributed by atoms with E-state index in [-0.39, 0.29) is 28.2 Å². The van der Waals surface area contributed by atoms with Crippen LogP contribution in [0.1, 0.15) is 37.0 Å². The molecule has 0 atom stereocenters. The largest absolute Gasteiger partial charge is 0.494 e. The highest BCUT2D eigenvalue weighted by Gasteiger charge is 2.30. The van der Waals surface area contributed by atoms with Crippen molar-refractivity contribution in [3.8, 4) is 17.0 Å². The Labute approximate surface area is 215 Å². The summed E-state index contributed by atoms with van der Waals surface area (Å²) in [5, 5.41) is 8.05. The smallest absolute Gasteiger partial charge is 0.254 e. The first kappa shape index (κ1) is 26.1. The first-order chi connectivity index (χ1) is 17.6. The Morgan fingerprint density at radius 3 is 2.41 bits per heavy atom. The van der Waals surface area contributed by atoms with Crippen LogP contribution in [0.4, 0.5) is 17.2 Å². The average Bonchev–Trinajstić information content (AvgIpc) is 3.74. The number of benzene rings is 1. The standard InChI is InChI=1S/C26H29N5O5S/c1-15(2)37(34,35)17-10-11-20(28-13-17)18-6-5-7-21(24(18)36-4)30-22-12-23(31-25(32)16-8-9-16)29-14-19(22)26(33)27-3/h5-7,10-16H,8-9H2,1-4H3,(H,27,33)(H2,29,30,31,32). The minimum Gasteiger partial charge on any atom is -0.494 e. The third kappa shape index (κ3) is 5.56. The van der Waals surface area contributed by atoms with E-state index in [1.807, 2.05) is 0 Å². The maximum Gasteiger partial charge on any atom is 0.254 e. The second kappa shape index (κ2) is 10.6. The van der Waals surface area contributed by atoms with Crippen LogP contribution in [0, 0.1) is 5.92 Å². The average molecular weight is 524 g/mol. The van der Waals surface area contributed by atoms with Gasteiger partial charge in [0, 0.05) is 37.0 Å². The number of aromatic nitrogens is 2. The molecule has 1 aliphatic rings. The van der Waals surface area contributed by atoms with Gasteiger partial charge in [0.05, 0.1) is 39.9 Å². The van der Waals surface area contributed by atoms with Crippen molar-refractivity contribution in [1.82, 2.24) is 15.3 Å². The predicted octanol–water partition coefficient (Wildman–Crippen LogP) is 3.79. The van der Waals surface area contributed by atoms with E-state index in [9.17, 15) is 18.0 Å². The summed E-state index contributed by atoms with van der Waals surface area (Å²) in [6.45, 7) is 3.24. The number of hydrogen-bond donors (Lipinski definition) is 3. The molecule has 2 aromatic heterocycles. The van der Waals surface area contributed by atoms with Crippen LogP contribution >= 0.6 is 0 Å². The molecule has 37 heavy (non-hydrogen) atoms. The van der Waals surface area contributed by atoms with E-state index in [1.54, 1.807) is 44.2 Å². The number of sulfone groups is 1. The molecule has 194 valence electrons. The van der Waals surface area contributed by atoms with Crippen molar-refractivity contribution < 1.29 is 22.7 Å². The number of ether oxygens (including phenoxy) is 1. The topological polar surface area (TPSA) is 139 Å². The molecule has 0 aliphatic heterocycles. The second-order valence-electron chi connectivity index (χ2n) is 8.94. The lowest BCUT2D eigenvalue weighted by Crippen LogP contribution is -2.20. The third-order valence-electron chi connectivity index (χ3n) is 6.02. The SMILES string of the molecule is CNC(=O)c1cnc(NC(=O)C2CC2)cc1Nc1cccc(-c2ccc(S(=O)(=O)C(C)C)cn2)c1OC. The van der Waals surface area contributed by atoms with Gasteiger partial charge >= 0.3 is 0 Å². The molecule has 0 saturated heterocycles. The summed E-state index contributed by atoms with van der Waals surface area (Å²) in [6, 6.07) is 10.1. The summed E-state index contributed by atoms with van der Waals surface area (Å²) in [5.41, 5.74) is 2.38. The maximum atomic E-state index is 12.5. The number of hydrogen-bond acceptors (Lipinski definition) is 8. The third-order valence-corrected chi connectivity index (χ3v) is 8.16. The molecule has 10 nitrogen and oxygen atoms in total. The number of carbonyl (C=O) groups is 2. The maximum absolute atomic E-state index is 12.5. The fourth-order valence-electron chi connectivity index (χ4n) is 3.70. The first-order valence-corrected chi connectivity index (χ1v) is 13.4. The van der Waals surface area contributed by atoms with E-state index in [2.05, 4.69) is 25.9 Å². The van der Waals surface area contributed by atoms with Gasteiger partial charge < -0.3 is 20.7 Å². The molecule has 0 bridgehead atoms. The molecular formula is C26H29N5O5S. The van der Waals surface area contributed by atoms with Gasteiger partial charge in [0.15, 0.2) is 15.6 Å². The van der Waals surface area contributed by atoms with Gasteiger partial charge in [0.1, 0.15) is 5.82 Å². The zero-order valence-electron chi connectivity index (χ0n) is 21.0. The van der Waals surface area contributed by atoms with Crippen LogP contribution in [0.25, 0.3) is 11.3 Å². The number of amides is 2. The molecule has 11 heteroatoms. The Balaban J connectivity index is 1.70. The molecular weight excluding hydrogens is 494 g/mol. The molecule has 4 rings (SSSR count). The number of carbonyl (C=O) groups excluding carboxylic acids is 2. The molecule has 0 unspecified atom stereocenters. The van der Waals surface area contributed by atoms with Crippen LogP contribution < -0.4 is 20.7 Å². The van der Waals surface area contributed by atoms with Crippen molar-refractivity contribution in [3.05, 3.63) is 54.4 Å². The van der Waals surface area contributed by atoms with Gasteiger partial charge in [-0.3, -0.25) is 14.6 Å². The molecule has 0 spiro atoms. The monoisotopic (exact) mass is 523 g/mol. The van der Waals surface area contributed by atoms with Gasteiger partial charge in [-0.2, -0.15) is 0 Å². The number of para-hydroxylation sites is 1. The summed E-state index contributed by atoms with van der Waals surface area (Å²) in [4.78, 5) is 33.5. The highest BCUT2D eigenvalue weighted by molar-refractivity contribution is 7.92. The minimum atomic E-state index is -3.45. The van der Waals surface area contributed by atoms with Crippen molar-refractivity contribution in [2.45, 2.75) is 36.8 Å². The van der Waals surface area contributed by atoms with Crippen LogP contribution in [0.3, 0.4) is 0 Å². The van der Waals surface area contributed by atoms with Crippen LogP contribution in [-0.2, 0) is 14.6 Å². The van der Waals surface area contributed by atoms with E-state index < -0.39 is 15.1 Å². The highest BCUT2D eigenvalue weighted by Crippen LogP contribution is 2.38. The van der Waals surface area contributed by atoms with E-state index in [1.165, 1.54) is 32.6 Å². The van der Waals surface area contributed by atoms with Gasteiger partial charge in [0.25, 0.3) is 5.91 Å². The Bertz CT molecular complexity index is 1430. The quantitative estimate of drug-likeness (QED) is 0.385. The molecule has 1 fully saturated rings. The number of rotatable bonds is 9. The number of nitrogens with zero attached hydrogens (tertiary/aromatic N) is 2. The van der Waals surface area contributed by atoms with Crippen molar-refractivity contribution in [3.63, 3.8) is 0 Å². The van der Waals surface area contributed by atoms with E-state index in [0.29, 0.717) is 34.2 Å². The number of methoxy groups -OCH3 is 1. The predicted molar refractivity (Wildman–Crippen MR) is 141 cm³/mol. The molecule has 3 N–H and O–H groups in total. The van der Waals surface area contributed by atoms with E-state index >= 15 is 0 Å². The lowest BCUT2D eigenvalue weighted by atomic mass is 10.1. The van der Waals surface area contributed by atoms with Crippen molar-refractivity contribution in [2.75, 3.05) is 24.8 Å². The van der Waals surface area contributed by atoms with Crippen molar-refractivity contribution >= 4 is 38.8 Å². The van der Waals surface area contributed by atoms with Crippen LogP contribution in [-0.4, -0.2) is 49.6 Å². The summed E-state index contributed by atoms with van der Waals surface area (Å²) in [5.74, 6) is 0.319. The second-order valence-corrected chi connectivity index (χ2v) is 11.4. The number of pyridine rings is 2. The fraction of sp³-hybridized carbons (Fsp3) is 0.308. The van der Waals surface area contributed by atoms with Gasteiger partial charge in [-0.05, 0) is 51.0 Å². The van der Waals surface area contributed by atoms with Gasteiger partial charge in [-0.25, -0.2) is 13.4 Å². The molecule has 1 aromatic carbocycles. The first-order valence-electron chi connectivity index (χ1n) is 11.8. The molecule has 1 aliphatic carbocycles. The molecule has 1 saturated carbocycles.